The third-order valence-corrected chi connectivity index (χ3v) is 2.67. The Bertz CT molecular complexity index is 392. The highest BCUT2D eigenvalue weighted by Crippen LogP contribution is 2.21. The van der Waals surface area contributed by atoms with Crippen molar-refractivity contribution in [3.8, 4) is 0 Å². The molecule has 0 radical (unpaired) electrons. The quantitative estimate of drug-likeness (QED) is 0.797. The fourth-order valence-electron chi connectivity index (χ4n) is 1.19. The number of furan rings is 1. The zero-order valence-electron chi connectivity index (χ0n) is 7.28. The second-order valence-corrected chi connectivity index (χ2v) is 4.05. The van der Waals surface area contributed by atoms with Gasteiger partial charge < -0.3 is 10.2 Å². The van der Waals surface area contributed by atoms with Crippen LogP contribution in [0.15, 0.2) is 22.8 Å². The molecule has 0 fully saturated rings. The van der Waals surface area contributed by atoms with Crippen LogP contribution in [0.5, 0.6) is 0 Å². The van der Waals surface area contributed by atoms with Crippen LogP contribution in [0.3, 0.4) is 0 Å². The van der Waals surface area contributed by atoms with Gasteiger partial charge in [-0.25, -0.2) is 4.98 Å². The van der Waals surface area contributed by atoms with Gasteiger partial charge in [0.15, 0.2) is 5.13 Å². The third-order valence-electron chi connectivity index (χ3n) is 1.83. The molecule has 0 aromatic carbocycles. The minimum Gasteiger partial charge on any atom is -0.469 e. The molecule has 3 nitrogen and oxygen atoms in total. The van der Waals surface area contributed by atoms with Crippen molar-refractivity contribution in [3.63, 3.8) is 0 Å². The van der Waals surface area contributed by atoms with Crippen molar-refractivity contribution in [2.45, 2.75) is 13.3 Å². The first-order valence-corrected chi connectivity index (χ1v) is 4.81. The normalized spacial score (nSPS) is 10.5. The topological polar surface area (TPSA) is 52.0 Å². The molecule has 13 heavy (non-hydrogen) atoms. The summed E-state index contributed by atoms with van der Waals surface area (Å²) in [6.07, 6.45) is 2.40. The number of aryl methyl sites for hydroxylation is 1. The summed E-state index contributed by atoms with van der Waals surface area (Å²) in [5.41, 5.74) is 6.60. The Hall–Kier alpha value is -1.29. The molecule has 0 aliphatic rings. The summed E-state index contributed by atoms with van der Waals surface area (Å²) >= 11 is 1.52. The van der Waals surface area contributed by atoms with Gasteiger partial charge in [-0.05, 0) is 19.1 Å². The van der Waals surface area contributed by atoms with Crippen molar-refractivity contribution in [1.29, 1.82) is 0 Å². The first kappa shape index (κ1) is 8.31. The van der Waals surface area contributed by atoms with Gasteiger partial charge in [0.25, 0.3) is 0 Å². The number of hydrogen-bond donors (Lipinski definition) is 1. The molecule has 0 saturated heterocycles. The summed E-state index contributed by atoms with van der Waals surface area (Å²) in [6.45, 7) is 2.02. The summed E-state index contributed by atoms with van der Waals surface area (Å²) < 4.78 is 5.23. The van der Waals surface area contributed by atoms with E-state index < -0.39 is 0 Å². The van der Waals surface area contributed by atoms with Crippen molar-refractivity contribution in [2.75, 3.05) is 5.73 Å². The van der Waals surface area contributed by atoms with Gasteiger partial charge in [-0.15, -0.1) is 11.3 Å². The van der Waals surface area contributed by atoms with Crippen LogP contribution in [0, 0.1) is 6.92 Å². The van der Waals surface area contributed by atoms with Gasteiger partial charge in [0.05, 0.1) is 12.0 Å². The standard InChI is InChI=1S/C9H10N2OS/c1-6-8(11-9(10)13-6)5-7-3-2-4-12-7/h2-4H,5H2,1H3,(H2,10,11). The maximum atomic E-state index is 5.59. The summed E-state index contributed by atoms with van der Waals surface area (Å²) in [7, 11) is 0. The van der Waals surface area contributed by atoms with Crippen LogP contribution in [-0.2, 0) is 6.42 Å². The molecule has 4 heteroatoms. The first-order valence-electron chi connectivity index (χ1n) is 4.00. The van der Waals surface area contributed by atoms with E-state index in [9.17, 15) is 0 Å². The number of nitrogens with zero attached hydrogens (tertiary/aromatic N) is 1. The highest BCUT2D eigenvalue weighted by atomic mass is 32.1. The van der Waals surface area contributed by atoms with Crippen molar-refractivity contribution in [3.05, 3.63) is 34.7 Å². The van der Waals surface area contributed by atoms with E-state index in [4.69, 9.17) is 10.2 Å². The molecule has 0 saturated carbocycles. The van der Waals surface area contributed by atoms with E-state index in [0.717, 1.165) is 22.8 Å². The van der Waals surface area contributed by atoms with Crippen LogP contribution in [0.4, 0.5) is 5.13 Å². The van der Waals surface area contributed by atoms with E-state index in [2.05, 4.69) is 4.98 Å². The lowest BCUT2D eigenvalue weighted by Crippen LogP contribution is -1.89. The Balaban J connectivity index is 2.23. The third kappa shape index (κ3) is 1.72. The molecule has 0 bridgehead atoms. The van der Waals surface area contributed by atoms with E-state index in [1.165, 1.54) is 11.3 Å². The number of hydrogen-bond acceptors (Lipinski definition) is 4. The second kappa shape index (κ2) is 3.22. The van der Waals surface area contributed by atoms with E-state index in [1.54, 1.807) is 6.26 Å². The molecule has 0 aliphatic carbocycles. The van der Waals surface area contributed by atoms with Gasteiger partial charge in [-0.3, -0.25) is 0 Å². The molecule has 68 valence electrons. The average molecular weight is 194 g/mol. The van der Waals surface area contributed by atoms with Gasteiger partial charge >= 0.3 is 0 Å². The fraction of sp³-hybridized carbons (Fsp3) is 0.222. The molecule has 2 N–H and O–H groups in total. The largest absolute Gasteiger partial charge is 0.469 e. The number of nitrogen functional groups attached to an aromatic ring is 1. The maximum Gasteiger partial charge on any atom is 0.180 e. The predicted octanol–water partition coefficient (Wildman–Crippen LogP) is 2.22. The van der Waals surface area contributed by atoms with Crippen molar-refractivity contribution in [1.82, 2.24) is 4.98 Å². The van der Waals surface area contributed by atoms with Gasteiger partial charge in [0, 0.05) is 11.3 Å². The highest BCUT2D eigenvalue weighted by Gasteiger charge is 2.07. The summed E-state index contributed by atoms with van der Waals surface area (Å²) in [6, 6.07) is 3.81. The molecular weight excluding hydrogens is 184 g/mol. The molecule has 2 heterocycles. The molecule has 0 unspecified atom stereocenters. The molecule has 2 aromatic rings. The monoisotopic (exact) mass is 194 g/mol. The van der Waals surface area contributed by atoms with Gasteiger partial charge in [-0.1, -0.05) is 0 Å². The molecule has 2 aromatic heterocycles. The van der Waals surface area contributed by atoms with Gasteiger partial charge in [0.1, 0.15) is 5.76 Å². The SMILES string of the molecule is Cc1sc(N)nc1Cc1ccco1. The summed E-state index contributed by atoms with van der Waals surface area (Å²) in [4.78, 5) is 5.38. The second-order valence-electron chi connectivity index (χ2n) is 2.81. The van der Waals surface area contributed by atoms with E-state index >= 15 is 0 Å². The minimum atomic E-state index is 0.624. The zero-order chi connectivity index (χ0) is 9.26. The van der Waals surface area contributed by atoms with E-state index in [-0.39, 0.29) is 0 Å². The number of nitrogens with two attached hydrogens (primary N) is 1. The molecule has 0 aliphatic heterocycles. The van der Waals surface area contributed by atoms with Crippen LogP contribution in [0.25, 0.3) is 0 Å². The Morgan fingerprint density at radius 1 is 1.62 bits per heavy atom. The molecular formula is C9H10N2OS. The van der Waals surface area contributed by atoms with Gasteiger partial charge in [0.2, 0.25) is 0 Å². The highest BCUT2D eigenvalue weighted by molar-refractivity contribution is 7.15. The van der Waals surface area contributed by atoms with Crippen molar-refractivity contribution < 1.29 is 4.42 Å². The van der Waals surface area contributed by atoms with E-state index in [0.29, 0.717) is 5.13 Å². The predicted molar refractivity (Wildman–Crippen MR) is 52.8 cm³/mol. The smallest absolute Gasteiger partial charge is 0.180 e. The lowest BCUT2D eigenvalue weighted by Gasteiger charge is -1.93. The molecule has 0 amide bonds. The van der Waals surface area contributed by atoms with Crippen LogP contribution in [0.1, 0.15) is 16.3 Å². The lowest BCUT2D eigenvalue weighted by molar-refractivity contribution is 0.519. The van der Waals surface area contributed by atoms with Gasteiger partial charge in [-0.2, -0.15) is 0 Å². The minimum absolute atomic E-state index is 0.624. The maximum absolute atomic E-state index is 5.59. The molecule has 0 spiro atoms. The summed E-state index contributed by atoms with van der Waals surface area (Å²) in [5, 5.41) is 0.624. The number of aromatic nitrogens is 1. The van der Waals surface area contributed by atoms with Crippen LogP contribution in [-0.4, -0.2) is 4.98 Å². The Kier molecular flexibility index (Phi) is 2.06. The summed E-state index contributed by atoms with van der Waals surface area (Å²) in [5.74, 6) is 0.924. The van der Waals surface area contributed by atoms with Crippen molar-refractivity contribution >= 4 is 16.5 Å². The lowest BCUT2D eigenvalue weighted by atomic mass is 10.2. The first-order chi connectivity index (χ1) is 6.25. The van der Waals surface area contributed by atoms with Crippen LogP contribution < -0.4 is 5.73 Å². The Morgan fingerprint density at radius 2 is 2.46 bits per heavy atom. The number of rotatable bonds is 2. The number of thiazole rings is 1. The Morgan fingerprint density at radius 3 is 3.00 bits per heavy atom. The fourth-order valence-corrected chi connectivity index (χ4v) is 1.90. The van der Waals surface area contributed by atoms with Crippen LogP contribution >= 0.6 is 11.3 Å². The average Bonchev–Trinajstić information content (AvgIpc) is 2.63. The molecule has 2 rings (SSSR count). The molecule has 0 atom stereocenters. The van der Waals surface area contributed by atoms with E-state index in [1.807, 2.05) is 19.1 Å². The Labute approximate surface area is 80.2 Å². The zero-order valence-corrected chi connectivity index (χ0v) is 8.10. The number of anilines is 1. The van der Waals surface area contributed by atoms with Crippen LogP contribution in [0.2, 0.25) is 0 Å². The van der Waals surface area contributed by atoms with Crippen molar-refractivity contribution in [2.24, 2.45) is 0 Å².